The first kappa shape index (κ1) is 13.9. The third-order valence-electron chi connectivity index (χ3n) is 4.95. The molecule has 0 spiro atoms. The van der Waals surface area contributed by atoms with Crippen LogP contribution in [0.4, 0.5) is 5.69 Å². The molecule has 1 saturated heterocycles. The van der Waals surface area contributed by atoms with Gasteiger partial charge in [0.2, 0.25) is 0 Å². The van der Waals surface area contributed by atoms with Gasteiger partial charge in [-0.2, -0.15) is 0 Å². The summed E-state index contributed by atoms with van der Waals surface area (Å²) < 4.78 is 0. The van der Waals surface area contributed by atoms with Crippen molar-refractivity contribution in [1.29, 1.82) is 0 Å². The normalized spacial score (nSPS) is 27.1. The van der Waals surface area contributed by atoms with Crippen molar-refractivity contribution in [2.24, 2.45) is 5.73 Å². The van der Waals surface area contributed by atoms with E-state index in [0.717, 1.165) is 13.0 Å². The molecule has 3 rings (SSSR count). The molecule has 0 radical (unpaired) electrons. The molecule has 2 unspecified atom stereocenters. The van der Waals surface area contributed by atoms with Gasteiger partial charge in [-0.3, -0.25) is 4.90 Å². The molecule has 2 heterocycles. The summed E-state index contributed by atoms with van der Waals surface area (Å²) in [6.45, 7) is 6.88. The zero-order valence-corrected chi connectivity index (χ0v) is 13.0. The SMILES string of the molecule is CC(C)N1CCCC(N)C1c1ccc2c(c1)CCN2C. The van der Waals surface area contributed by atoms with Crippen LogP contribution in [0.15, 0.2) is 18.2 Å². The molecule has 0 aliphatic carbocycles. The van der Waals surface area contributed by atoms with E-state index < -0.39 is 0 Å². The van der Waals surface area contributed by atoms with E-state index in [1.807, 2.05) is 0 Å². The highest BCUT2D eigenvalue weighted by molar-refractivity contribution is 5.58. The number of nitrogens with zero attached hydrogens (tertiary/aromatic N) is 2. The van der Waals surface area contributed by atoms with Gasteiger partial charge in [0.05, 0.1) is 6.04 Å². The summed E-state index contributed by atoms with van der Waals surface area (Å²) in [7, 11) is 2.18. The van der Waals surface area contributed by atoms with Gasteiger partial charge in [-0.05, 0) is 56.8 Å². The molecule has 2 atom stereocenters. The Bertz CT molecular complexity index is 483. The Kier molecular flexibility index (Phi) is 3.74. The highest BCUT2D eigenvalue weighted by Gasteiger charge is 2.32. The molecule has 2 aliphatic heterocycles. The van der Waals surface area contributed by atoms with E-state index in [-0.39, 0.29) is 6.04 Å². The number of piperidine rings is 1. The monoisotopic (exact) mass is 273 g/mol. The number of hydrogen-bond acceptors (Lipinski definition) is 3. The van der Waals surface area contributed by atoms with E-state index in [1.165, 1.54) is 36.2 Å². The molecule has 1 aromatic rings. The van der Waals surface area contributed by atoms with Gasteiger partial charge in [-0.25, -0.2) is 0 Å². The third-order valence-corrected chi connectivity index (χ3v) is 4.95. The minimum atomic E-state index is 0.267. The average molecular weight is 273 g/mol. The second kappa shape index (κ2) is 5.38. The summed E-state index contributed by atoms with van der Waals surface area (Å²) in [4.78, 5) is 4.93. The van der Waals surface area contributed by atoms with Gasteiger partial charge in [0.15, 0.2) is 0 Å². The Balaban J connectivity index is 1.93. The molecule has 1 aromatic carbocycles. The van der Waals surface area contributed by atoms with Crippen LogP contribution in [0.2, 0.25) is 0 Å². The first-order valence-corrected chi connectivity index (χ1v) is 7.93. The molecule has 2 N–H and O–H groups in total. The van der Waals surface area contributed by atoms with Gasteiger partial charge in [0.25, 0.3) is 0 Å². The number of anilines is 1. The fourth-order valence-electron chi connectivity index (χ4n) is 3.84. The molecule has 1 fully saturated rings. The van der Waals surface area contributed by atoms with E-state index >= 15 is 0 Å². The summed E-state index contributed by atoms with van der Waals surface area (Å²) in [6, 6.07) is 8.21. The van der Waals surface area contributed by atoms with Crippen molar-refractivity contribution in [2.75, 3.05) is 25.0 Å². The number of likely N-dealkylation sites (tertiary alicyclic amines) is 1. The standard InChI is InChI=1S/C17H27N3/c1-12(2)20-9-4-5-15(18)17(20)14-6-7-16-13(11-14)8-10-19(16)3/h6-7,11-12,15,17H,4-5,8-10,18H2,1-3H3. The molecule has 0 saturated carbocycles. The second-order valence-electron chi connectivity index (χ2n) is 6.64. The van der Waals surface area contributed by atoms with Crippen molar-refractivity contribution >= 4 is 5.69 Å². The van der Waals surface area contributed by atoms with Gasteiger partial charge in [0.1, 0.15) is 0 Å². The molecule has 3 heteroatoms. The van der Waals surface area contributed by atoms with E-state index in [4.69, 9.17) is 5.73 Å². The van der Waals surface area contributed by atoms with Gasteiger partial charge in [0, 0.05) is 31.4 Å². The third kappa shape index (κ3) is 2.33. The number of fused-ring (bicyclic) bond motifs is 1. The fraction of sp³-hybridized carbons (Fsp3) is 0.647. The van der Waals surface area contributed by atoms with E-state index in [0.29, 0.717) is 12.1 Å². The van der Waals surface area contributed by atoms with Crippen LogP contribution in [0.3, 0.4) is 0 Å². The van der Waals surface area contributed by atoms with Crippen LogP contribution in [0.5, 0.6) is 0 Å². The highest BCUT2D eigenvalue weighted by Crippen LogP contribution is 2.35. The zero-order valence-electron chi connectivity index (χ0n) is 13.0. The first-order valence-electron chi connectivity index (χ1n) is 7.93. The van der Waals surface area contributed by atoms with E-state index in [1.54, 1.807) is 0 Å². The molecule has 0 amide bonds. The minimum Gasteiger partial charge on any atom is -0.374 e. The largest absolute Gasteiger partial charge is 0.374 e. The van der Waals surface area contributed by atoms with Crippen LogP contribution in [0, 0.1) is 0 Å². The molecular weight excluding hydrogens is 246 g/mol. The summed E-state index contributed by atoms with van der Waals surface area (Å²) in [6.07, 6.45) is 3.54. The zero-order chi connectivity index (χ0) is 14.3. The topological polar surface area (TPSA) is 32.5 Å². The Morgan fingerprint density at radius 3 is 2.80 bits per heavy atom. The molecule has 20 heavy (non-hydrogen) atoms. The van der Waals surface area contributed by atoms with Crippen LogP contribution in [0.25, 0.3) is 0 Å². The maximum atomic E-state index is 6.46. The minimum absolute atomic E-state index is 0.267. The molecule has 110 valence electrons. The number of hydrogen-bond donors (Lipinski definition) is 1. The quantitative estimate of drug-likeness (QED) is 0.899. The van der Waals surface area contributed by atoms with Crippen molar-refractivity contribution in [3.05, 3.63) is 29.3 Å². The Hall–Kier alpha value is -1.06. The van der Waals surface area contributed by atoms with Crippen molar-refractivity contribution in [3.63, 3.8) is 0 Å². The van der Waals surface area contributed by atoms with E-state index in [2.05, 4.69) is 48.9 Å². The van der Waals surface area contributed by atoms with Crippen molar-refractivity contribution in [2.45, 2.75) is 51.2 Å². The molecule has 3 nitrogen and oxygen atoms in total. The Morgan fingerprint density at radius 1 is 1.25 bits per heavy atom. The van der Waals surface area contributed by atoms with Gasteiger partial charge < -0.3 is 10.6 Å². The summed E-state index contributed by atoms with van der Waals surface area (Å²) in [5.74, 6) is 0. The highest BCUT2D eigenvalue weighted by atomic mass is 15.2. The fourth-order valence-corrected chi connectivity index (χ4v) is 3.84. The van der Waals surface area contributed by atoms with Gasteiger partial charge in [-0.15, -0.1) is 0 Å². The Morgan fingerprint density at radius 2 is 2.05 bits per heavy atom. The van der Waals surface area contributed by atoms with Crippen molar-refractivity contribution < 1.29 is 0 Å². The predicted molar refractivity (Wildman–Crippen MR) is 85.2 cm³/mol. The number of nitrogens with two attached hydrogens (primary N) is 1. The lowest BCUT2D eigenvalue weighted by molar-refractivity contribution is 0.0947. The van der Waals surface area contributed by atoms with Gasteiger partial charge in [-0.1, -0.05) is 12.1 Å². The van der Waals surface area contributed by atoms with Crippen LogP contribution in [0.1, 0.15) is 43.9 Å². The van der Waals surface area contributed by atoms with Crippen molar-refractivity contribution in [3.8, 4) is 0 Å². The lowest BCUT2D eigenvalue weighted by Crippen LogP contribution is -2.48. The summed E-state index contributed by atoms with van der Waals surface area (Å²) in [5, 5.41) is 0. The van der Waals surface area contributed by atoms with Crippen LogP contribution >= 0.6 is 0 Å². The molecule has 0 aromatic heterocycles. The maximum absolute atomic E-state index is 6.46. The van der Waals surface area contributed by atoms with Crippen LogP contribution in [-0.4, -0.2) is 37.1 Å². The summed E-state index contributed by atoms with van der Waals surface area (Å²) in [5.41, 5.74) is 10.8. The van der Waals surface area contributed by atoms with Crippen LogP contribution in [-0.2, 0) is 6.42 Å². The molecular formula is C17H27N3. The lowest BCUT2D eigenvalue weighted by Gasteiger charge is -2.42. The lowest BCUT2D eigenvalue weighted by atomic mass is 9.89. The maximum Gasteiger partial charge on any atom is 0.0502 e. The molecule has 0 bridgehead atoms. The second-order valence-corrected chi connectivity index (χ2v) is 6.64. The summed E-state index contributed by atoms with van der Waals surface area (Å²) >= 11 is 0. The van der Waals surface area contributed by atoms with Crippen molar-refractivity contribution in [1.82, 2.24) is 4.90 Å². The number of rotatable bonds is 2. The number of benzene rings is 1. The number of likely N-dealkylation sites (N-methyl/N-ethyl adjacent to an activating group) is 1. The van der Waals surface area contributed by atoms with Gasteiger partial charge >= 0.3 is 0 Å². The Labute approximate surface area is 122 Å². The smallest absolute Gasteiger partial charge is 0.0502 e. The molecule has 2 aliphatic rings. The van der Waals surface area contributed by atoms with E-state index in [9.17, 15) is 0 Å². The average Bonchev–Trinajstić information content (AvgIpc) is 2.79. The predicted octanol–water partition coefficient (Wildman–Crippen LogP) is 2.55. The first-order chi connectivity index (χ1) is 9.58. The van der Waals surface area contributed by atoms with Crippen LogP contribution < -0.4 is 10.6 Å².